The quantitative estimate of drug-likeness (QED) is 0.364. The summed E-state index contributed by atoms with van der Waals surface area (Å²) in [6, 6.07) is 11.3. The molecule has 1 aromatic heterocycles. The molecule has 138 valence electrons. The van der Waals surface area contributed by atoms with Gasteiger partial charge in [0.05, 0.1) is 9.92 Å². The molecule has 8 heteroatoms. The van der Waals surface area contributed by atoms with E-state index in [2.05, 4.69) is 38.0 Å². The molecule has 1 saturated heterocycles. The second-order valence-corrected chi connectivity index (χ2v) is 7.14. The smallest absolute Gasteiger partial charge is 0.269 e. The van der Waals surface area contributed by atoms with Crippen molar-refractivity contribution in [2.24, 2.45) is 4.99 Å². The van der Waals surface area contributed by atoms with Crippen LogP contribution in [0.3, 0.4) is 0 Å². The monoisotopic (exact) mass is 373 g/mol. The van der Waals surface area contributed by atoms with Crippen LogP contribution in [0.5, 0.6) is 0 Å². The Bertz CT molecular complexity index is 755. The van der Waals surface area contributed by atoms with Gasteiger partial charge in [0.25, 0.3) is 5.69 Å². The first kappa shape index (κ1) is 18.2. The lowest BCUT2D eigenvalue weighted by Gasteiger charge is -2.33. The van der Waals surface area contributed by atoms with Gasteiger partial charge in [0.1, 0.15) is 0 Å². The van der Waals surface area contributed by atoms with Crippen LogP contribution in [0.4, 0.5) is 10.7 Å². The highest BCUT2D eigenvalue weighted by molar-refractivity contribution is 7.14. The Morgan fingerprint density at radius 1 is 1.35 bits per heavy atom. The minimum atomic E-state index is -0.377. The van der Waals surface area contributed by atoms with Gasteiger partial charge in [-0.25, -0.2) is 0 Å². The molecule has 3 rings (SSSR count). The number of nitro groups is 1. The van der Waals surface area contributed by atoms with Crippen LogP contribution in [0.15, 0.2) is 46.8 Å². The molecule has 1 aliphatic rings. The van der Waals surface area contributed by atoms with Gasteiger partial charge in [0.2, 0.25) is 0 Å². The Morgan fingerprint density at radius 2 is 2.15 bits per heavy atom. The molecule has 7 nitrogen and oxygen atoms in total. The van der Waals surface area contributed by atoms with E-state index >= 15 is 0 Å². The summed E-state index contributed by atoms with van der Waals surface area (Å²) in [5.41, 5.74) is 0.961. The van der Waals surface area contributed by atoms with Crippen molar-refractivity contribution in [3.8, 4) is 0 Å². The molecule has 0 atom stereocenters. The molecule has 0 radical (unpaired) electrons. The molecule has 26 heavy (non-hydrogen) atoms. The fraction of sp³-hybridized carbons (Fsp3) is 0.389. The minimum absolute atomic E-state index is 0.105. The van der Waals surface area contributed by atoms with Gasteiger partial charge in [-0.2, -0.15) is 0 Å². The summed E-state index contributed by atoms with van der Waals surface area (Å²) in [4.78, 5) is 17.2. The van der Waals surface area contributed by atoms with Gasteiger partial charge in [0.15, 0.2) is 5.96 Å². The summed E-state index contributed by atoms with van der Waals surface area (Å²) in [5.74, 6) is 0.728. The molecule has 0 bridgehead atoms. The number of thiophene rings is 1. The number of nitrogens with one attached hydrogen (secondary N) is 2. The predicted molar refractivity (Wildman–Crippen MR) is 106 cm³/mol. The first-order chi connectivity index (χ1) is 12.7. The average Bonchev–Trinajstić information content (AvgIpc) is 3.20. The number of nitro benzene ring substituents is 1. The Labute approximate surface area is 156 Å². The molecular weight excluding hydrogens is 350 g/mol. The first-order valence-electron chi connectivity index (χ1n) is 8.64. The number of piperidine rings is 1. The number of rotatable bonds is 5. The van der Waals surface area contributed by atoms with E-state index in [-0.39, 0.29) is 10.6 Å². The maximum absolute atomic E-state index is 10.9. The summed E-state index contributed by atoms with van der Waals surface area (Å²) >= 11 is 1.78. The van der Waals surface area contributed by atoms with Crippen molar-refractivity contribution in [3.63, 3.8) is 0 Å². The topological polar surface area (TPSA) is 82.8 Å². The van der Waals surface area contributed by atoms with Gasteiger partial charge in [-0.05, 0) is 35.9 Å². The number of anilines is 1. The van der Waals surface area contributed by atoms with Crippen LogP contribution in [-0.2, 0) is 6.54 Å². The van der Waals surface area contributed by atoms with Crippen LogP contribution in [0.1, 0.15) is 18.4 Å². The van der Waals surface area contributed by atoms with E-state index in [9.17, 15) is 10.1 Å². The van der Waals surface area contributed by atoms with Crippen molar-refractivity contribution in [3.05, 3.63) is 57.5 Å². The van der Waals surface area contributed by atoms with Crippen molar-refractivity contribution in [2.45, 2.75) is 25.4 Å². The fourth-order valence-electron chi connectivity index (χ4n) is 3.05. The van der Waals surface area contributed by atoms with Crippen LogP contribution >= 0.6 is 11.3 Å². The molecule has 0 saturated carbocycles. The highest BCUT2D eigenvalue weighted by Crippen LogP contribution is 2.24. The number of hydrogen-bond donors (Lipinski definition) is 2. The van der Waals surface area contributed by atoms with Crippen LogP contribution in [0.25, 0.3) is 0 Å². The van der Waals surface area contributed by atoms with Gasteiger partial charge in [-0.1, -0.05) is 12.1 Å². The Hall–Kier alpha value is -2.61. The average molecular weight is 373 g/mol. The molecule has 0 unspecified atom stereocenters. The van der Waals surface area contributed by atoms with E-state index in [1.165, 1.54) is 11.1 Å². The predicted octanol–water partition coefficient (Wildman–Crippen LogP) is 2.99. The van der Waals surface area contributed by atoms with E-state index in [1.807, 2.05) is 6.07 Å². The SMILES string of the molecule is CN=C(NCc1cccc([N+](=O)[O-])c1)NC1CCN(c2cccs2)CC1. The molecule has 1 aliphatic heterocycles. The van der Waals surface area contributed by atoms with Crippen molar-refractivity contribution < 1.29 is 4.92 Å². The van der Waals surface area contributed by atoms with Crippen LogP contribution in [0, 0.1) is 10.1 Å². The lowest BCUT2D eigenvalue weighted by atomic mass is 10.1. The summed E-state index contributed by atoms with van der Waals surface area (Å²) in [6.07, 6.45) is 2.10. The Morgan fingerprint density at radius 3 is 2.81 bits per heavy atom. The molecule has 0 spiro atoms. The lowest BCUT2D eigenvalue weighted by Crippen LogP contribution is -2.48. The fourth-order valence-corrected chi connectivity index (χ4v) is 3.83. The highest BCUT2D eigenvalue weighted by atomic mass is 32.1. The number of guanidine groups is 1. The number of nitrogens with zero attached hydrogens (tertiary/aromatic N) is 3. The zero-order chi connectivity index (χ0) is 18.4. The van der Waals surface area contributed by atoms with E-state index in [1.54, 1.807) is 30.5 Å². The van der Waals surface area contributed by atoms with Gasteiger partial charge in [-0.3, -0.25) is 15.1 Å². The number of aliphatic imine (C=N–C) groups is 1. The summed E-state index contributed by atoms with van der Waals surface area (Å²) in [5, 5.41) is 21.0. The number of benzene rings is 1. The normalized spacial score (nSPS) is 15.7. The second-order valence-electron chi connectivity index (χ2n) is 6.21. The summed E-state index contributed by atoms with van der Waals surface area (Å²) < 4.78 is 0. The van der Waals surface area contributed by atoms with Crippen LogP contribution in [0.2, 0.25) is 0 Å². The van der Waals surface area contributed by atoms with Gasteiger partial charge < -0.3 is 15.5 Å². The third-order valence-corrected chi connectivity index (χ3v) is 5.39. The third kappa shape index (κ3) is 4.72. The zero-order valence-electron chi connectivity index (χ0n) is 14.7. The van der Waals surface area contributed by atoms with Gasteiger partial charge in [0, 0.05) is 44.9 Å². The van der Waals surface area contributed by atoms with E-state index in [4.69, 9.17) is 0 Å². The Balaban J connectivity index is 1.48. The van der Waals surface area contributed by atoms with Crippen molar-refractivity contribution in [2.75, 3.05) is 25.0 Å². The maximum atomic E-state index is 10.9. The van der Waals surface area contributed by atoms with Crippen LogP contribution in [-0.4, -0.2) is 37.1 Å². The van der Waals surface area contributed by atoms with Crippen LogP contribution < -0.4 is 15.5 Å². The van der Waals surface area contributed by atoms with Gasteiger partial charge in [-0.15, -0.1) is 11.3 Å². The number of non-ortho nitro benzene ring substituents is 1. The zero-order valence-corrected chi connectivity index (χ0v) is 15.5. The maximum Gasteiger partial charge on any atom is 0.269 e. The van der Waals surface area contributed by atoms with Gasteiger partial charge >= 0.3 is 0 Å². The molecule has 1 fully saturated rings. The molecule has 1 aromatic carbocycles. The molecule has 2 aromatic rings. The van der Waals surface area contributed by atoms with Crippen molar-refractivity contribution in [1.29, 1.82) is 0 Å². The molecule has 0 aliphatic carbocycles. The standard InChI is InChI=1S/C18H23N5O2S/c1-19-18(20-13-14-4-2-5-16(12-14)23(24)25)21-15-7-9-22(10-8-15)17-6-3-11-26-17/h2-6,11-12,15H,7-10,13H2,1H3,(H2,19,20,21). The lowest BCUT2D eigenvalue weighted by molar-refractivity contribution is -0.384. The Kier molecular flexibility index (Phi) is 6.06. The summed E-state index contributed by atoms with van der Waals surface area (Å²) in [7, 11) is 1.74. The van der Waals surface area contributed by atoms with E-state index in [0.29, 0.717) is 12.6 Å². The minimum Gasteiger partial charge on any atom is -0.363 e. The first-order valence-corrected chi connectivity index (χ1v) is 9.52. The van der Waals surface area contributed by atoms with Crippen molar-refractivity contribution >= 4 is 28.0 Å². The second kappa shape index (κ2) is 8.66. The largest absolute Gasteiger partial charge is 0.363 e. The molecule has 0 amide bonds. The van der Waals surface area contributed by atoms with E-state index in [0.717, 1.165) is 37.5 Å². The molecule has 2 N–H and O–H groups in total. The summed E-state index contributed by atoms with van der Waals surface area (Å²) in [6.45, 7) is 2.55. The number of hydrogen-bond acceptors (Lipinski definition) is 5. The van der Waals surface area contributed by atoms with E-state index < -0.39 is 0 Å². The third-order valence-electron chi connectivity index (χ3n) is 4.46. The highest BCUT2D eigenvalue weighted by Gasteiger charge is 2.20. The molecule has 2 heterocycles. The molecular formula is C18H23N5O2S. The van der Waals surface area contributed by atoms with Crippen molar-refractivity contribution in [1.82, 2.24) is 10.6 Å².